The first-order valence-electron chi connectivity index (χ1n) is 8.51. The van der Waals surface area contributed by atoms with E-state index in [0.717, 1.165) is 11.3 Å². The van der Waals surface area contributed by atoms with Gasteiger partial charge in [-0.1, -0.05) is 24.3 Å². The second-order valence-electron chi connectivity index (χ2n) is 6.28. The Kier molecular flexibility index (Phi) is 4.30. The van der Waals surface area contributed by atoms with Crippen LogP contribution >= 0.6 is 0 Å². The van der Waals surface area contributed by atoms with Gasteiger partial charge in [0.05, 0.1) is 23.4 Å². The first kappa shape index (κ1) is 16.8. The van der Waals surface area contributed by atoms with Gasteiger partial charge >= 0.3 is 0 Å². The van der Waals surface area contributed by atoms with E-state index in [2.05, 4.69) is 10.1 Å². The normalized spacial score (nSPS) is 11.3. The molecule has 0 aliphatic heterocycles. The summed E-state index contributed by atoms with van der Waals surface area (Å²) in [5, 5.41) is 4.91. The van der Waals surface area contributed by atoms with Crippen LogP contribution in [0, 0.1) is 0 Å². The molecule has 2 aromatic heterocycles. The number of anilines is 1. The molecule has 0 N–H and O–H groups in total. The zero-order valence-corrected chi connectivity index (χ0v) is 15.0. The molecule has 0 aliphatic carbocycles. The number of fused-ring (bicyclic) bond motifs is 1. The van der Waals surface area contributed by atoms with Crippen molar-refractivity contribution in [3.8, 4) is 11.6 Å². The minimum absolute atomic E-state index is 0.242. The SMILES string of the molecule is CN(C)c1ccc(C=Nn2c(-c3ccco3)nc3ccccc3c2=O)cc1. The van der Waals surface area contributed by atoms with E-state index in [9.17, 15) is 4.79 Å². The summed E-state index contributed by atoms with van der Waals surface area (Å²) in [7, 11) is 3.97. The quantitative estimate of drug-likeness (QED) is 0.523. The molecule has 0 unspecified atom stereocenters. The van der Waals surface area contributed by atoms with Crippen LogP contribution in [0.3, 0.4) is 0 Å². The van der Waals surface area contributed by atoms with E-state index in [0.29, 0.717) is 22.5 Å². The van der Waals surface area contributed by atoms with Crippen LogP contribution < -0.4 is 10.5 Å². The molecule has 0 saturated heterocycles. The zero-order valence-electron chi connectivity index (χ0n) is 15.0. The molecule has 27 heavy (non-hydrogen) atoms. The largest absolute Gasteiger partial charge is 0.461 e. The highest BCUT2D eigenvalue weighted by Gasteiger charge is 2.14. The van der Waals surface area contributed by atoms with Gasteiger partial charge < -0.3 is 9.32 Å². The summed E-state index contributed by atoms with van der Waals surface area (Å²) >= 11 is 0. The lowest BCUT2D eigenvalue weighted by Gasteiger charge is -2.11. The average Bonchev–Trinajstić information content (AvgIpc) is 3.22. The lowest BCUT2D eigenvalue weighted by molar-refractivity contribution is 0.571. The fourth-order valence-electron chi connectivity index (χ4n) is 2.78. The maximum atomic E-state index is 13.0. The molecule has 4 aromatic rings. The number of benzene rings is 2. The molecule has 2 aromatic carbocycles. The molecule has 4 rings (SSSR count). The van der Waals surface area contributed by atoms with Gasteiger partial charge in [-0.3, -0.25) is 4.79 Å². The molecule has 0 radical (unpaired) electrons. The second kappa shape index (κ2) is 6.92. The van der Waals surface area contributed by atoms with Gasteiger partial charge in [0.2, 0.25) is 5.82 Å². The van der Waals surface area contributed by atoms with E-state index in [1.807, 2.05) is 55.4 Å². The molecule has 6 nitrogen and oxygen atoms in total. The Balaban J connectivity index is 1.83. The Bertz CT molecular complexity index is 1160. The van der Waals surface area contributed by atoms with Crippen LogP contribution in [-0.4, -0.2) is 30.0 Å². The van der Waals surface area contributed by atoms with Crippen LogP contribution in [0.5, 0.6) is 0 Å². The van der Waals surface area contributed by atoms with Crippen molar-refractivity contribution in [3.05, 3.63) is 82.8 Å². The molecule has 0 amide bonds. The predicted octanol–water partition coefficient (Wildman–Crippen LogP) is 3.60. The van der Waals surface area contributed by atoms with Crippen molar-refractivity contribution in [2.24, 2.45) is 5.10 Å². The van der Waals surface area contributed by atoms with E-state index >= 15 is 0 Å². The molecule has 0 atom stereocenters. The fraction of sp³-hybridized carbons (Fsp3) is 0.0952. The lowest BCUT2D eigenvalue weighted by atomic mass is 10.2. The molecule has 0 saturated carbocycles. The number of hydrogen-bond acceptors (Lipinski definition) is 5. The van der Waals surface area contributed by atoms with Gasteiger partial charge in [0.1, 0.15) is 0 Å². The third-order valence-corrected chi connectivity index (χ3v) is 4.23. The average molecular weight is 358 g/mol. The number of rotatable bonds is 4. The molecule has 0 aliphatic rings. The maximum Gasteiger partial charge on any atom is 0.282 e. The molecular formula is C21H18N4O2. The van der Waals surface area contributed by atoms with Crippen molar-refractivity contribution in [1.82, 2.24) is 9.66 Å². The molecule has 0 spiro atoms. The minimum atomic E-state index is -0.242. The third kappa shape index (κ3) is 3.25. The van der Waals surface area contributed by atoms with Crippen molar-refractivity contribution in [2.75, 3.05) is 19.0 Å². The zero-order chi connectivity index (χ0) is 18.8. The summed E-state index contributed by atoms with van der Waals surface area (Å²) in [6.45, 7) is 0. The Hall–Kier alpha value is -3.67. The van der Waals surface area contributed by atoms with Crippen LogP contribution in [0.15, 0.2) is 81.2 Å². The summed E-state index contributed by atoms with van der Waals surface area (Å²) in [4.78, 5) is 19.6. The number of nitrogens with zero attached hydrogens (tertiary/aromatic N) is 4. The Labute approximate surface area is 156 Å². The summed E-state index contributed by atoms with van der Waals surface area (Å²) in [6.07, 6.45) is 3.19. The van der Waals surface area contributed by atoms with Gasteiger partial charge in [0.25, 0.3) is 5.56 Å². The van der Waals surface area contributed by atoms with Gasteiger partial charge in [-0.15, -0.1) is 0 Å². The monoisotopic (exact) mass is 358 g/mol. The summed E-state index contributed by atoms with van der Waals surface area (Å²) in [5.41, 5.74) is 2.34. The van der Waals surface area contributed by atoms with Gasteiger partial charge in [0.15, 0.2) is 5.76 Å². The third-order valence-electron chi connectivity index (χ3n) is 4.23. The van der Waals surface area contributed by atoms with Crippen LogP contribution in [0.2, 0.25) is 0 Å². The van der Waals surface area contributed by atoms with E-state index in [4.69, 9.17) is 4.42 Å². The van der Waals surface area contributed by atoms with Crippen molar-refractivity contribution in [3.63, 3.8) is 0 Å². The highest BCUT2D eigenvalue weighted by Crippen LogP contribution is 2.19. The minimum Gasteiger partial charge on any atom is -0.461 e. The Morgan fingerprint density at radius 1 is 1.04 bits per heavy atom. The Morgan fingerprint density at radius 2 is 1.81 bits per heavy atom. The summed E-state index contributed by atoms with van der Waals surface area (Å²) < 4.78 is 6.74. The molecule has 2 heterocycles. The highest BCUT2D eigenvalue weighted by molar-refractivity contribution is 5.82. The van der Waals surface area contributed by atoms with E-state index in [-0.39, 0.29) is 5.56 Å². The molecule has 6 heteroatoms. The Morgan fingerprint density at radius 3 is 2.52 bits per heavy atom. The first-order chi connectivity index (χ1) is 13.1. The number of aromatic nitrogens is 2. The van der Waals surface area contributed by atoms with Crippen molar-refractivity contribution < 1.29 is 4.42 Å². The van der Waals surface area contributed by atoms with Crippen LogP contribution in [0.1, 0.15) is 5.56 Å². The predicted molar refractivity (Wildman–Crippen MR) is 107 cm³/mol. The standard InChI is InChI=1S/C21H18N4O2/c1-24(2)16-11-9-15(10-12-16)14-22-25-20(19-8-5-13-27-19)23-18-7-4-3-6-17(18)21(25)26/h3-14H,1-2H3. The van der Waals surface area contributed by atoms with Gasteiger partial charge in [-0.25, -0.2) is 4.98 Å². The maximum absolute atomic E-state index is 13.0. The van der Waals surface area contributed by atoms with Gasteiger partial charge in [-0.05, 0) is 42.0 Å². The number of para-hydroxylation sites is 1. The smallest absolute Gasteiger partial charge is 0.282 e. The molecular weight excluding hydrogens is 340 g/mol. The molecule has 134 valence electrons. The summed E-state index contributed by atoms with van der Waals surface area (Å²) in [6, 6.07) is 18.6. The van der Waals surface area contributed by atoms with Crippen LogP contribution in [0.25, 0.3) is 22.5 Å². The topological polar surface area (TPSA) is 63.6 Å². The molecule has 0 bridgehead atoms. The van der Waals surface area contributed by atoms with Gasteiger partial charge in [-0.2, -0.15) is 9.78 Å². The van der Waals surface area contributed by atoms with Gasteiger partial charge in [0, 0.05) is 19.8 Å². The van der Waals surface area contributed by atoms with Crippen molar-refractivity contribution in [1.29, 1.82) is 0 Å². The number of hydrogen-bond donors (Lipinski definition) is 0. The van der Waals surface area contributed by atoms with Crippen molar-refractivity contribution >= 4 is 22.8 Å². The first-order valence-corrected chi connectivity index (χ1v) is 8.51. The number of furan rings is 1. The highest BCUT2D eigenvalue weighted by atomic mass is 16.3. The lowest BCUT2D eigenvalue weighted by Crippen LogP contribution is -2.20. The fourth-order valence-corrected chi connectivity index (χ4v) is 2.78. The molecule has 0 fully saturated rings. The summed E-state index contributed by atoms with van der Waals surface area (Å²) in [5.74, 6) is 0.850. The second-order valence-corrected chi connectivity index (χ2v) is 6.28. The van der Waals surface area contributed by atoms with Crippen LogP contribution in [0.4, 0.5) is 5.69 Å². The van der Waals surface area contributed by atoms with E-state index in [1.54, 1.807) is 36.7 Å². The van der Waals surface area contributed by atoms with E-state index in [1.165, 1.54) is 4.68 Å². The van der Waals surface area contributed by atoms with Crippen molar-refractivity contribution in [2.45, 2.75) is 0 Å². The van der Waals surface area contributed by atoms with Crippen LogP contribution in [-0.2, 0) is 0 Å². The van der Waals surface area contributed by atoms with E-state index < -0.39 is 0 Å².